The lowest BCUT2D eigenvalue weighted by Crippen LogP contribution is -2.26. The van der Waals surface area contributed by atoms with Gasteiger partial charge in [0.2, 0.25) is 0 Å². The Kier molecular flexibility index (Phi) is 4.37. The first-order valence-electron chi connectivity index (χ1n) is 7.92. The van der Waals surface area contributed by atoms with E-state index in [0.29, 0.717) is 22.0 Å². The van der Waals surface area contributed by atoms with Gasteiger partial charge >= 0.3 is 0 Å². The number of amides is 1. The normalized spacial score (nSPS) is 16.6. The summed E-state index contributed by atoms with van der Waals surface area (Å²) in [7, 11) is 0. The first-order chi connectivity index (χ1) is 11.3. The van der Waals surface area contributed by atoms with Crippen LogP contribution >= 0.6 is 11.3 Å². The van der Waals surface area contributed by atoms with Crippen molar-refractivity contribution in [1.29, 1.82) is 0 Å². The molecule has 1 aliphatic rings. The van der Waals surface area contributed by atoms with Gasteiger partial charge in [0.05, 0.1) is 10.6 Å². The van der Waals surface area contributed by atoms with Gasteiger partial charge < -0.3 is 0 Å². The summed E-state index contributed by atoms with van der Waals surface area (Å²) < 4.78 is 0. The van der Waals surface area contributed by atoms with E-state index in [-0.39, 0.29) is 17.1 Å². The van der Waals surface area contributed by atoms with Crippen LogP contribution in [0.5, 0.6) is 0 Å². The average molecular weight is 340 g/mol. The molecule has 0 unspecified atom stereocenters. The zero-order chi connectivity index (χ0) is 17.3. The maximum Gasteiger partial charge on any atom is 0.253 e. The van der Waals surface area contributed by atoms with E-state index in [0.717, 1.165) is 17.7 Å². The molecule has 1 aromatic heterocycles. The molecule has 1 aliphatic carbocycles. The summed E-state index contributed by atoms with van der Waals surface area (Å²) in [6, 6.07) is 9.68. The molecule has 0 spiro atoms. The molecule has 1 amide bonds. The number of carbonyl (C=O) groups is 2. The number of nitrogens with zero attached hydrogens (tertiary/aromatic N) is 1. The molecule has 124 valence electrons. The van der Waals surface area contributed by atoms with Gasteiger partial charge in [-0.25, -0.2) is 4.98 Å². The second-order valence-corrected chi connectivity index (χ2v) is 7.93. The van der Waals surface area contributed by atoms with Crippen molar-refractivity contribution in [3.8, 4) is 0 Å². The second kappa shape index (κ2) is 6.32. The van der Waals surface area contributed by atoms with Gasteiger partial charge in [-0.15, -0.1) is 0 Å². The molecule has 3 rings (SSSR count). The van der Waals surface area contributed by atoms with Crippen LogP contribution in [0.1, 0.15) is 48.1 Å². The Bertz CT molecular complexity index is 819. The monoisotopic (exact) mass is 340 g/mol. The summed E-state index contributed by atoms with van der Waals surface area (Å²) in [4.78, 5) is 29.7. The number of ketones is 1. The molecule has 0 bridgehead atoms. The number of nitrogens with one attached hydrogen (secondary N) is 1. The fraction of sp³-hybridized carbons (Fsp3) is 0.316. The Labute approximate surface area is 145 Å². The molecule has 0 fully saturated rings. The molecule has 2 aromatic rings. The first kappa shape index (κ1) is 16.6. The molecule has 5 heteroatoms. The Morgan fingerprint density at radius 2 is 1.96 bits per heavy atom. The minimum absolute atomic E-state index is 0.0669. The van der Waals surface area contributed by atoms with Crippen molar-refractivity contribution in [2.75, 3.05) is 5.32 Å². The average Bonchev–Trinajstić information content (AvgIpc) is 2.89. The molecule has 1 aromatic carbocycles. The molecular formula is C19H20N2O2S. The van der Waals surface area contributed by atoms with Crippen LogP contribution in [0, 0.1) is 5.41 Å². The molecule has 1 N–H and O–H groups in total. The number of anilines is 1. The molecule has 0 saturated heterocycles. The fourth-order valence-electron chi connectivity index (χ4n) is 2.83. The van der Waals surface area contributed by atoms with E-state index in [2.05, 4.69) is 24.1 Å². The number of Topliss-reactive ketones (excluding diaryl/α,β-unsaturated/α-hetero) is 1. The number of hydrogen-bond acceptors (Lipinski definition) is 4. The largest absolute Gasteiger partial charge is 0.298 e. The SMILES string of the molecule is CC(=Cc1ccccc1)C(=O)Nc1nc2c(s1)C(=O)CC(C)(C)C2. The Morgan fingerprint density at radius 3 is 2.67 bits per heavy atom. The van der Waals surface area contributed by atoms with Gasteiger partial charge in [0, 0.05) is 12.0 Å². The number of benzene rings is 1. The Balaban J connectivity index is 1.76. The van der Waals surface area contributed by atoms with Crippen LogP contribution in [0.4, 0.5) is 5.13 Å². The van der Waals surface area contributed by atoms with Crippen LogP contribution < -0.4 is 5.32 Å². The highest BCUT2D eigenvalue weighted by atomic mass is 32.1. The lowest BCUT2D eigenvalue weighted by molar-refractivity contribution is -0.112. The van der Waals surface area contributed by atoms with Gasteiger partial charge in [-0.1, -0.05) is 55.5 Å². The standard InChI is InChI=1S/C19H20N2O2S/c1-12(9-13-7-5-4-6-8-13)17(23)21-18-20-14-10-19(2,3)11-15(22)16(14)24-18/h4-9H,10-11H2,1-3H3,(H,20,21,23). The van der Waals surface area contributed by atoms with Crippen LogP contribution in [0.2, 0.25) is 0 Å². The maximum absolute atomic E-state index is 12.3. The zero-order valence-corrected chi connectivity index (χ0v) is 14.9. The minimum atomic E-state index is -0.198. The van der Waals surface area contributed by atoms with Crippen molar-refractivity contribution in [3.05, 3.63) is 52.0 Å². The number of rotatable bonds is 3. The zero-order valence-electron chi connectivity index (χ0n) is 14.1. The predicted molar refractivity (Wildman–Crippen MR) is 97.3 cm³/mol. The lowest BCUT2D eigenvalue weighted by Gasteiger charge is -2.26. The third-order valence-corrected chi connectivity index (χ3v) is 5.05. The highest BCUT2D eigenvalue weighted by Gasteiger charge is 2.34. The van der Waals surface area contributed by atoms with Gasteiger partial charge in [-0.3, -0.25) is 14.9 Å². The number of hydrogen-bond donors (Lipinski definition) is 1. The van der Waals surface area contributed by atoms with Crippen molar-refractivity contribution in [3.63, 3.8) is 0 Å². The van der Waals surface area contributed by atoms with Gasteiger partial charge in [-0.2, -0.15) is 0 Å². The summed E-state index contributed by atoms with van der Waals surface area (Å²) in [5.74, 6) is -0.0764. The molecule has 0 atom stereocenters. The van der Waals surface area contributed by atoms with Crippen LogP contribution in [0.3, 0.4) is 0 Å². The van der Waals surface area contributed by atoms with E-state index < -0.39 is 0 Å². The van der Waals surface area contributed by atoms with E-state index in [4.69, 9.17) is 0 Å². The van der Waals surface area contributed by atoms with Crippen molar-refractivity contribution in [2.45, 2.75) is 33.6 Å². The molecule has 0 radical (unpaired) electrons. The summed E-state index contributed by atoms with van der Waals surface area (Å²) in [5, 5.41) is 3.31. The minimum Gasteiger partial charge on any atom is -0.298 e. The van der Waals surface area contributed by atoms with Crippen molar-refractivity contribution in [2.24, 2.45) is 5.41 Å². The molecular weight excluding hydrogens is 320 g/mol. The van der Waals surface area contributed by atoms with Crippen LogP contribution in [-0.2, 0) is 11.2 Å². The van der Waals surface area contributed by atoms with Crippen molar-refractivity contribution < 1.29 is 9.59 Å². The van der Waals surface area contributed by atoms with Gasteiger partial charge in [0.25, 0.3) is 5.91 Å². The van der Waals surface area contributed by atoms with Gasteiger partial charge in [0.1, 0.15) is 0 Å². The lowest BCUT2D eigenvalue weighted by atomic mass is 9.78. The summed E-state index contributed by atoms with van der Waals surface area (Å²) in [6.45, 7) is 5.90. The molecule has 24 heavy (non-hydrogen) atoms. The molecule has 0 saturated carbocycles. The first-order valence-corrected chi connectivity index (χ1v) is 8.73. The number of carbonyl (C=O) groups excluding carboxylic acids is 2. The number of fused-ring (bicyclic) bond motifs is 1. The molecule has 4 nitrogen and oxygen atoms in total. The highest BCUT2D eigenvalue weighted by Crippen LogP contribution is 2.38. The summed E-state index contributed by atoms with van der Waals surface area (Å²) in [6.07, 6.45) is 3.12. The number of aromatic nitrogens is 1. The quantitative estimate of drug-likeness (QED) is 0.846. The van der Waals surface area contributed by atoms with Gasteiger partial charge in [0.15, 0.2) is 10.9 Å². The fourth-order valence-corrected chi connectivity index (χ4v) is 3.75. The third kappa shape index (κ3) is 3.62. The molecule has 1 heterocycles. The summed E-state index contributed by atoms with van der Waals surface area (Å²) >= 11 is 1.28. The van der Waals surface area contributed by atoms with E-state index >= 15 is 0 Å². The van der Waals surface area contributed by atoms with Crippen molar-refractivity contribution in [1.82, 2.24) is 4.98 Å². The topological polar surface area (TPSA) is 59.1 Å². The van der Waals surface area contributed by atoms with Gasteiger partial charge in [-0.05, 0) is 30.4 Å². The maximum atomic E-state index is 12.3. The van der Waals surface area contributed by atoms with Crippen LogP contribution in [-0.4, -0.2) is 16.7 Å². The Morgan fingerprint density at radius 1 is 1.25 bits per heavy atom. The molecule has 0 aliphatic heterocycles. The van der Waals surface area contributed by atoms with E-state index in [9.17, 15) is 9.59 Å². The van der Waals surface area contributed by atoms with E-state index in [1.54, 1.807) is 6.92 Å². The van der Waals surface area contributed by atoms with Crippen LogP contribution in [0.15, 0.2) is 35.9 Å². The van der Waals surface area contributed by atoms with Crippen molar-refractivity contribution >= 4 is 34.2 Å². The summed E-state index contributed by atoms with van der Waals surface area (Å²) in [5.41, 5.74) is 2.31. The smallest absolute Gasteiger partial charge is 0.253 e. The number of thiazole rings is 1. The van der Waals surface area contributed by atoms with E-state index in [1.807, 2.05) is 36.4 Å². The van der Waals surface area contributed by atoms with Crippen LogP contribution in [0.25, 0.3) is 6.08 Å². The van der Waals surface area contributed by atoms with E-state index in [1.165, 1.54) is 11.3 Å². The second-order valence-electron chi connectivity index (χ2n) is 6.93. The Hall–Kier alpha value is -2.27. The highest BCUT2D eigenvalue weighted by molar-refractivity contribution is 7.17. The predicted octanol–water partition coefficient (Wildman–Crippen LogP) is 4.34. The third-order valence-electron chi connectivity index (χ3n) is 4.00.